The van der Waals surface area contributed by atoms with Crippen molar-refractivity contribution in [3.8, 4) is 5.69 Å². The normalized spacial score (nSPS) is 16.5. The Morgan fingerprint density at radius 2 is 1.90 bits per heavy atom. The lowest BCUT2D eigenvalue weighted by atomic mass is 10.00. The molecule has 31 heavy (non-hydrogen) atoms. The standard InChI is InChI=1S/C22H25FN6OS/c1-14-5-4-10-28(12-14)21(30)20-19(13-31-22-24-15(2)11-16(3)25-22)29(27-26-20)18-8-6-17(23)7-9-18/h6-9,11,14H,4-5,10,12-13H2,1-3H3. The number of aromatic nitrogens is 5. The van der Waals surface area contributed by atoms with Crippen LogP contribution >= 0.6 is 11.8 Å². The third-order valence-corrected chi connectivity index (χ3v) is 6.14. The number of carbonyl (C=O) groups excluding carboxylic acids is 1. The van der Waals surface area contributed by atoms with Gasteiger partial charge in [0.1, 0.15) is 5.82 Å². The van der Waals surface area contributed by atoms with Gasteiger partial charge in [-0.25, -0.2) is 19.0 Å². The van der Waals surface area contributed by atoms with E-state index >= 15 is 0 Å². The smallest absolute Gasteiger partial charge is 0.276 e. The van der Waals surface area contributed by atoms with E-state index in [1.165, 1.54) is 23.9 Å². The van der Waals surface area contributed by atoms with Crippen molar-refractivity contribution in [2.75, 3.05) is 13.1 Å². The quantitative estimate of drug-likeness (QED) is 0.441. The molecule has 0 saturated carbocycles. The zero-order valence-corrected chi connectivity index (χ0v) is 18.7. The third-order valence-electron chi connectivity index (χ3n) is 5.28. The average Bonchev–Trinajstić information content (AvgIpc) is 3.15. The number of halogens is 1. The highest BCUT2D eigenvalue weighted by Gasteiger charge is 2.28. The maximum absolute atomic E-state index is 13.4. The van der Waals surface area contributed by atoms with Crippen LogP contribution in [0.5, 0.6) is 0 Å². The van der Waals surface area contributed by atoms with Crippen LogP contribution in [-0.4, -0.2) is 48.9 Å². The van der Waals surface area contributed by atoms with E-state index in [-0.39, 0.29) is 11.7 Å². The van der Waals surface area contributed by atoms with Crippen LogP contribution in [0.25, 0.3) is 5.69 Å². The zero-order valence-electron chi connectivity index (χ0n) is 17.9. The third kappa shape index (κ3) is 4.92. The molecule has 162 valence electrons. The van der Waals surface area contributed by atoms with Crippen molar-refractivity contribution >= 4 is 17.7 Å². The van der Waals surface area contributed by atoms with Gasteiger partial charge in [0, 0.05) is 30.2 Å². The first-order valence-corrected chi connectivity index (χ1v) is 11.3. The molecule has 1 aliphatic rings. The zero-order chi connectivity index (χ0) is 22.0. The predicted molar refractivity (Wildman–Crippen MR) is 117 cm³/mol. The highest BCUT2D eigenvalue weighted by molar-refractivity contribution is 7.98. The number of hydrogen-bond donors (Lipinski definition) is 0. The molecule has 1 unspecified atom stereocenters. The Bertz CT molecular complexity index is 1060. The maximum atomic E-state index is 13.4. The van der Waals surface area contributed by atoms with Gasteiger partial charge in [0.2, 0.25) is 0 Å². The Labute approximate surface area is 185 Å². The number of hydrogen-bond acceptors (Lipinski definition) is 6. The van der Waals surface area contributed by atoms with Crippen LogP contribution in [0.3, 0.4) is 0 Å². The van der Waals surface area contributed by atoms with Gasteiger partial charge in [0.05, 0.1) is 11.4 Å². The van der Waals surface area contributed by atoms with Crippen LogP contribution in [0.4, 0.5) is 4.39 Å². The molecular formula is C22H25FN6OS. The van der Waals surface area contributed by atoms with Crippen LogP contribution in [-0.2, 0) is 5.75 Å². The molecule has 0 spiro atoms. The number of carbonyl (C=O) groups is 1. The summed E-state index contributed by atoms with van der Waals surface area (Å²) in [4.78, 5) is 24.1. The fraction of sp³-hybridized carbons (Fsp3) is 0.409. The van der Waals surface area contributed by atoms with Gasteiger partial charge >= 0.3 is 0 Å². The highest BCUT2D eigenvalue weighted by atomic mass is 32.2. The Morgan fingerprint density at radius 3 is 2.58 bits per heavy atom. The number of thioether (sulfide) groups is 1. The van der Waals surface area contributed by atoms with Crippen molar-refractivity contribution in [1.82, 2.24) is 29.9 Å². The number of amides is 1. The molecule has 1 aliphatic heterocycles. The first-order chi connectivity index (χ1) is 14.9. The number of piperidine rings is 1. The van der Waals surface area contributed by atoms with E-state index < -0.39 is 0 Å². The molecule has 0 radical (unpaired) electrons. The van der Waals surface area contributed by atoms with Gasteiger partial charge in [-0.2, -0.15) is 0 Å². The number of rotatable bonds is 5. The summed E-state index contributed by atoms with van der Waals surface area (Å²) in [5.74, 6) is 0.433. The van der Waals surface area contributed by atoms with Crippen molar-refractivity contribution in [1.29, 1.82) is 0 Å². The number of likely N-dealkylation sites (tertiary alicyclic amines) is 1. The minimum absolute atomic E-state index is 0.114. The molecule has 1 fully saturated rings. The summed E-state index contributed by atoms with van der Waals surface area (Å²) in [6, 6.07) is 7.91. The molecule has 3 aromatic rings. The molecule has 0 aliphatic carbocycles. The first kappa shape index (κ1) is 21.4. The largest absolute Gasteiger partial charge is 0.337 e. The van der Waals surface area contributed by atoms with E-state index in [0.717, 1.165) is 37.3 Å². The minimum atomic E-state index is -0.331. The minimum Gasteiger partial charge on any atom is -0.337 e. The van der Waals surface area contributed by atoms with Gasteiger partial charge in [-0.15, -0.1) is 5.10 Å². The number of aryl methyl sites for hydroxylation is 2. The molecule has 1 saturated heterocycles. The van der Waals surface area contributed by atoms with Crippen molar-refractivity contribution in [2.24, 2.45) is 5.92 Å². The van der Waals surface area contributed by atoms with E-state index in [0.29, 0.717) is 33.9 Å². The van der Waals surface area contributed by atoms with Crippen LogP contribution in [0.1, 0.15) is 47.3 Å². The van der Waals surface area contributed by atoms with Gasteiger partial charge in [0.15, 0.2) is 10.9 Å². The molecule has 9 heteroatoms. The summed E-state index contributed by atoms with van der Waals surface area (Å²) in [5, 5.41) is 9.11. The lowest BCUT2D eigenvalue weighted by molar-refractivity contribution is 0.0676. The Morgan fingerprint density at radius 1 is 1.19 bits per heavy atom. The second-order valence-electron chi connectivity index (χ2n) is 7.99. The van der Waals surface area contributed by atoms with Crippen molar-refractivity contribution < 1.29 is 9.18 Å². The van der Waals surface area contributed by atoms with E-state index in [1.807, 2.05) is 24.8 Å². The predicted octanol–water partition coefficient (Wildman–Crippen LogP) is 3.98. The summed E-state index contributed by atoms with van der Waals surface area (Å²) in [7, 11) is 0. The van der Waals surface area contributed by atoms with E-state index in [2.05, 4.69) is 27.2 Å². The lowest BCUT2D eigenvalue weighted by Gasteiger charge is -2.30. The highest BCUT2D eigenvalue weighted by Crippen LogP contribution is 2.26. The van der Waals surface area contributed by atoms with Gasteiger partial charge < -0.3 is 4.90 Å². The molecule has 0 bridgehead atoms. The molecule has 0 N–H and O–H groups in total. The molecular weight excluding hydrogens is 415 g/mol. The monoisotopic (exact) mass is 440 g/mol. The Balaban J connectivity index is 1.67. The molecule has 1 atom stereocenters. The van der Waals surface area contributed by atoms with Crippen LogP contribution in [0.2, 0.25) is 0 Å². The molecule has 4 rings (SSSR count). The summed E-state index contributed by atoms with van der Waals surface area (Å²) >= 11 is 1.43. The van der Waals surface area contributed by atoms with Crippen molar-refractivity contribution in [3.05, 3.63) is 58.9 Å². The number of benzene rings is 1. The van der Waals surface area contributed by atoms with Gasteiger partial charge in [0.25, 0.3) is 5.91 Å². The maximum Gasteiger partial charge on any atom is 0.276 e. The van der Waals surface area contributed by atoms with Gasteiger partial charge in [-0.3, -0.25) is 4.79 Å². The fourth-order valence-electron chi connectivity index (χ4n) is 3.80. The molecule has 2 aromatic heterocycles. The topological polar surface area (TPSA) is 76.8 Å². The SMILES string of the molecule is Cc1cc(C)nc(SCc2c(C(=O)N3CCCC(C)C3)nnn2-c2ccc(F)cc2)n1. The number of nitrogens with zero attached hydrogens (tertiary/aromatic N) is 6. The average molecular weight is 441 g/mol. The van der Waals surface area contributed by atoms with Gasteiger partial charge in [-0.1, -0.05) is 23.9 Å². The van der Waals surface area contributed by atoms with Crippen LogP contribution < -0.4 is 0 Å². The second kappa shape index (κ2) is 9.13. The van der Waals surface area contributed by atoms with E-state index in [9.17, 15) is 9.18 Å². The van der Waals surface area contributed by atoms with Crippen LogP contribution in [0.15, 0.2) is 35.5 Å². The molecule has 1 aromatic carbocycles. The first-order valence-electron chi connectivity index (χ1n) is 10.4. The Kier molecular flexibility index (Phi) is 6.31. The Hall–Kier alpha value is -2.81. The van der Waals surface area contributed by atoms with Crippen molar-refractivity contribution in [2.45, 2.75) is 44.5 Å². The van der Waals surface area contributed by atoms with E-state index in [1.54, 1.807) is 16.8 Å². The summed E-state index contributed by atoms with van der Waals surface area (Å²) in [6.07, 6.45) is 2.11. The second-order valence-corrected chi connectivity index (χ2v) is 8.94. The molecule has 3 heterocycles. The fourth-order valence-corrected chi connectivity index (χ4v) is 4.74. The molecule has 7 nitrogen and oxygen atoms in total. The summed E-state index contributed by atoms with van der Waals surface area (Å²) < 4.78 is 15.0. The summed E-state index contributed by atoms with van der Waals surface area (Å²) in [5.41, 5.74) is 3.41. The summed E-state index contributed by atoms with van der Waals surface area (Å²) in [6.45, 7) is 7.45. The van der Waals surface area contributed by atoms with Gasteiger partial charge in [-0.05, 0) is 62.9 Å². The van der Waals surface area contributed by atoms with Crippen LogP contribution in [0, 0.1) is 25.6 Å². The lowest BCUT2D eigenvalue weighted by Crippen LogP contribution is -2.39. The van der Waals surface area contributed by atoms with E-state index in [4.69, 9.17) is 0 Å². The molecule has 1 amide bonds. The van der Waals surface area contributed by atoms with Crippen molar-refractivity contribution in [3.63, 3.8) is 0 Å².